The van der Waals surface area contributed by atoms with Crippen molar-refractivity contribution in [2.45, 2.75) is 6.92 Å². The number of rotatable bonds is 11. The lowest BCUT2D eigenvalue weighted by Gasteiger charge is -2.12. The number of amides is 1. The summed E-state index contributed by atoms with van der Waals surface area (Å²) in [6.07, 6.45) is 1.47. The fraction of sp³-hybridized carbons (Fsp3) is 0.172. The third-order valence-corrected chi connectivity index (χ3v) is 6.36. The largest absolute Gasteiger partial charge is 0.497 e. The van der Waals surface area contributed by atoms with Crippen molar-refractivity contribution in [3.05, 3.63) is 83.4 Å². The molecule has 0 aliphatic rings. The standard InChI is InChI=1S/C29H26N4O5S/c1-19-4-7-21(8-5-19)28-32-33-29(39-28)31-27(34)22(18-30)16-20-6-13-25(26(17-20)36-3)38-15-14-37-24-11-9-23(35-2)10-12-24/h4-13,16-17H,14-15H2,1-3H3,(H,31,33,34)/b22-16-. The molecule has 0 saturated heterocycles. The molecular weight excluding hydrogens is 516 g/mol. The van der Waals surface area contributed by atoms with Gasteiger partial charge in [-0.2, -0.15) is 5.26 Å². The summed E-state index contributed by atoms with van der Waals surface area (Å²) in [5.74, 6) is 1.83. The second-order valence-electron chi connectivity index (χ2n) is 8.19. The molecular formula is C29H26N4O5S. The zero-order valence-corrected chi connectivity index (χ0v) is 22.5. The van der Waals surface area contributed by atoms with Gasteiger partial charge >= 0.3 is 0 Å². The second kappa shape index (κ2) is 13.1. The monoisotopic (exact) mass is 542 g/mol. The van der Waals surface area contributed by atoms with Crippen LogP contribution < -0.4 is 24.3 Å². The summed E-state index contributed by atoms with van der Waals surface area (Å²) in [7, 11) is 3.12. The number of anilines is 1. The van der Waals surface area contributed by atoms with Gasteiger partial charge in [-0.3, -0.25) is 10.1 Å². The molecule has 1 amide bonds. The molecule has 0 saturated carbocycles. The Kier molecular flexibility index (Phi) is 9.11. The van der Waals surface area contributed by atoms with E-state index in [-0.39, 0.29) is 12.2 Å². The fourth-order valence-corrected chi connectivity index (χ4v) is 4.19. The van der Waals surface area contributed by atoms with Gasteiger partial charge in [0.05, 0.1) is 14.2 Å². The van der Waals surface area contributed by atoms with Crippen LogP contribution in [0.1, 0.15) is 11.1 Å². The average molecular weight is 543 g/mol. The van der Waals surface area contributed by atoms with E-state index in [1.165, 1.54) is 24.5 Å². The lowest BCUT2D eigenvalue weighted by molar-refractivity contribution is -0.112. The summed E-state index contributed by atoms with van der Waals surface area (Å²) >= 11 is 1.23. The summed E-state index contributed by atoms with van der Waals surface area (Å²) < 4.78 is 22.1. The number of benzene rings is 3. The van der Waals surface area contributed by atoms with E-state index in [0.29, 0.717) is 39.6 Å². The first-order valence-corrected chi connectivity index (χ1v) is 12.7. The molecule has 1 N–H and O–H groups in total. The van der Waals surface area contributed by atoms with Crippen molar-refractivity contribution in [3.63, 3.8) is 0 Å². The Morgan fingerprint density at radius 1 is 0.923 bits per heavy atom. The predicted molar refractivity (Wildman–Crippen MR) is 149 cm³/mol. The number of ether oxygens (including phenoxy) is 4. The number of nitrogens with zero attached hydrogens (tertiary/aromatic N) is 3. The van der Waals surface area contributed by atoms with E-state index in [9.17, 15) is 10.1 Å². The quantitative estimate of drug-likeness (QED) is 0.149. The number of hydrogen-bond acceptors (Lipinski definition) is 9. The molecule has 0 aliphatic heterocycles. The Morgan fingerprint density at radius 3 is 2.33 bits per heavy atom. The predicted octanol–water partition coefficient (Wildman–Crippen LogP) is 5.53. The summed E-state index contributed by atoms with van der Waals surface area (Å²) in [6, 6.07) is 22.2. The van der Waals surface area contributed by atoms with Crippen molar-refractivity contribution >= 4 is 28.5 Å². The molecule has 0 radical (unpaired) electrons. The van der Waals surface area contributed by atoms with Crippen LogP contribution in [0.15, 0.2) is 72.3 Å². The van der Waals surface area contributed by atoms with Crippen LogP contribution in [0.5, 0.6) is 23.0 Å². The van der Waals surface area contributed by atoms with E-state index in [1.54, 1.807) is 25.3 Å². The van der Waals surface area contributed by atoms with Gasteiger partial charge in [-0.05, 0) is 55.0 Å². The molecule has 0 bridgehead atoms. The highest BCUT2D eigenvalue weighted by Gasteiger charge is 2.14. The molecule has 9 nitrogen and oxygen atoms in total. The molecule has 1 aromatic heterocycles. The number of nitrogens with one attached hydrogen (secondary N) is 1. The fourth-order valence-electron chi connectivity index (χ4n) is 3.44. The summed E-state index contributed by atoms with van der Waals surface area (Å²) in [4.78, 5) is 12.7. The van der Waals surface area contributed by atoms with Gasteiger partial charge in [0, 0.05) is 5.56 Å². The molecule has 4 rings (SSSR count). The molecule has 198 valence electrons. The smallest absolute Gasteiger partial charge is 0.268 e. The minimum atomic E-state index is -0.584. The lowest BCUT2D eigenvalue weighted by Crippen LogP contribution is -2.13. The van der Waals surface area contributed by atoms with Crippen LogP contribution >= 0.6 is 11.3 Å². The van der Waals surface area contributed by atoms with Gasteiger partial charge in [-0.1, -0.05) is 47.2 Å². The number of nitriles is 1. The van der Waals surface area contributed by atoms with Gasteiger partial charge < -0.3 is 18.9 Å². The number of aromatic nitrogens is 2. The van der Waals surface area contributed by atoms with Gasteiger partial charge in [0.25, 0.3) is 5.91 Å². The van der Waals surface area contributed by atoms with Crippen molar-refractivity contribution in [1.29, 1.82) is 5.26 Å². The van der Waals surface area contributed by atoms with Crippen LogP contribution in [-0.4, -0.2) is 43.5 Å². The Morgan fingerprint density at radius 2 is 1.64 bits per heavy atom. The first kappa shape index (κ1) is 27.2. The first-order chi connectivity index (χ1) is 19.0. The van der Waals surface area contributed by atoms with Gasteiger partial charge in [0.15, 0.2) is 11.5 Å². The van der Waals surface area contributed by atoms with Crippen LogP contribution in [0.3, 0.4) is 0 Å². The van der Waals surface area contributed by atoms with Crippen LogP contribution in [0.2, 0.25) is 0 Å². The number of carbonyl (C=O) groups is 1. The zero-order valence-electron chi connectivity index (χ0n) is 21.6. The number of methoxy groups -OCH3 is 2. The summed E-state index contributed by atoms with van der Waals surface area (Å²) in [5, 5.41) is 21.4. The SMILES string of the molecule is COc1ccc(OCCOc2ccc(/C=C(/C#N)C(=O)Nc3nnc(-c4ccc(C)cc4)s3)cc2OC)cc1. The van der Waals surface area contributed by atoms with Crippen LogP contribution in [-0.2, 0) is 4.79 Å². The molecule has 10 heteroatoms. The molecule has 4 aromatic rings. The first-order valence-electron chi connectivity index (χ1n) is 11.9. The van der Waals surface area contributed by atoms with Crippen molar-refractivity contribution in [2.24, 2.45) is 0 Å². The van der Waals surface area contributed by atoms with Gasteiger partial charge in [0.2, 0.25) is 5.13 Å². The highest BCUT2D eigenvalue weighted by molar-refractivity contribution is 7.18. The highest BCUT2D eigenvalue weighted by Crippen LogP contribution is 2.30. The zero-order chi connectivity index (χ0) is 27.6. The molecule has 0 unspecified atom stereocenters. The molecule has 1 heterocycles. The maximum atomic E-state index is 12.7. The van der Waals surface area contributed by atoms with E-state index in [0.717, 1.165) is 16.9 Å². The Bertz CT molecular complexity index is 1490. The third-order valence-electron chi connectivity index (χ3n) is 5.48. The Balaban J connectivity index is 1.36. The van der Waals surface area contributed by atoms with Crippen molar-refractivity contribution < 1.29 is 23.7 Å². The average Bonchev–Trinajstić information content (AvgIpc) is 3.43. The normalized spacial score (nSPS) is 10.9. The van der Waals surface area contributed by atoms with E-state index < -0.39 is 5.91 Å². The molecule has 3 aromatic carbocycles. The van der Waals surface area contributed by atoms with Crippen molar-refractivity contribution in [1.82, 2.24) is 10.2 Å². The highest BCUT2D eigenvalue weighted by atomic mass is 32.1. The summed E-state index contributed by atoms with van der Waals surface area (Å²) in [5.41, 5.74) is 2.54. The molecule has 39 heavy (non-hydrogen) atoms. The number of aryl methyl sites for hydroxylation is 1. The van der Waals surface area contributed by atoms with E-state index >= 15 is 0 Å². The van der Waals surface area contributed by atoms with E-state index in [2.05, 4.69) is 15.5 Å². The van der Waals surface area contributed by atoms with Crippen LogP contribution in [0, 0.1) is 18.3 Å². The summed E-state index contributed by atoms with van der Waals surface area (Å²) in [6.45, 7) is 2.62. The van der Waals surface area contributed by atoms with Gasteiger partial charge in [-0.25, -0.2) is 0 Å². The Labute approximate surface area is 230 Å². The van der Waals surface area contributed by atoms with Crippen LogP contribution in [0.25, 0.3) is 16.6 Å². The topological polar surface area (TPSA) is 116 Å². The second-order valence-corrected chi connectivity index (χ2v) is 9.16. The third kappa shape index (κ3) is 7.34. The number of hydrogen-bond donors (Lipinski definition) is 1. The minimum absolute atomic E-state index is 0.0919. The van der Waals surface area contributed by atoms with E-state index in [1.807, 2.05) is 61.5 Å². The maximum Gasteiger partial charge on any atom is 0.268 e. The molecule has 0 spiro atoms. The molecule has 0 atom stereocenters. The molecule has 0 fully saturated rings. The lowest BCUT2D eigenvalue weighted by atomic mass is 10.1. The van der Waals surface area contributed by atoms with Gasteiger partial charge in [-0.15, -0.1) is 10.2 Å². The number of carbonyl (C=O) groups excluding carboxylic acids is 1. The van der Waals surface area contributed by atoms with Gasteiger partial charge in [0.1, 0.15) is 41.4 Å². The van der Waals surface area contributed by atoms with Crippen molar-refractivity contribution in [3.8, 4) is 39.6 Å². The van der Waals surface area contributed by atoms with Crippen molar-refractivity contribution in [2.75, 3.05) is 32.8 Å². The minimum Gasteiger partial charge on any atom is -0.497 e. The molecule has 0 aliphatic carbocycles. The van der Waals surface area contributed by atoms with E-state index in [4.69, 9.17) is 18.9 Å². The van der Waals surface area contributed by atoms with Crippen LogP contribution in [0.4, 0.5) is 5.13 Å². The maximum absolute atomic E-state index is 12.7. The Hall–Kier alpha value is -4.88.